The van der Waals surface area contributed by atoms with E-state index in [0.717, 1.165) is 51.6 Å². The van der Waals surface area contributed by atoms with Crippen LogP contribution >= 0.6 is 0 Å². The fourth-order valence-corrected chi connectivity index (χ4v) is 4.73. The molecule has 3 aliphatic rings. The van der Waals surface area contributed by atoms with Gasteiger partial charge >= 0.3 is 0 Å². The van der Waals surface area contributed by atoms with Gasteiger partial charge in [-0.25, -0.2) is 0 Å². The molecular formula is C19H30N2O3. The van der Waals surface area contributed by atoms with Crippen LogP contribution in [-0.2, 0) is 14.4 Å². The van der Waals surface area contributed by atoms with Gasteiger partial charge in [0, 0.05) is 13.1 Å². The highest BCUT2D eigenvalue weighted by atomic mass is 16.2. The SMILES string of the molecule is CCC[C@@H]1CCCN(C(=O)CN2C(=O)[C@H]3CCCC[C@@H]3C2=O)CC1. The minimum Gasteiger partial charge on any atom is -0.341 e. The average molecular weight is 334 g/mol. The number of amides is 3. The summed E-state index contributed by atoms with van der Waals surface area (Å²) in [5.74, 6) is 0.154. The number of imide groups is 1. The normalized spacial score (nSPS) is 31.1. The molecule has 3 rings (SSSR count). The Morgan fingerprint density at radius 3 is 2.25 bits per heavy atom. The molecule has 0 spiro atoms. The van der Waals surface area contributed by atoms with Crippen molar-refractivity contribution in [2.45, 2.75) is 64.7 Å². The Bertz CT molecular complexity index is 481. The fraction of sp³-hybridized carbons (Fsp3) is 0.842. The zero-order valence-electron chi connectivity index (χ0n) is 14.8. The Labute approximate surface area is 144 Å². The second kappa shape index (κ2) is 7.66. The first-order valence-electron chi connectivity index (χ1n) is 9.74. The number of hydrogen-bond acceptors (Lipinski definition) is 3. The molecule has 0 aromatic heterocycles. The van der Waals surface area contributed by atoms with Gasteiger partial charge in [0.05, 0.1) is 11.8 Å². The highest BCUT2D eigenvalue weighted by molar-refractivity contribution is 6.07. The summed E-state index contributed by atoms with van der Waals surface area (Å²) in [6.07, 6.45) is 9.34. The average Bonchev–Trinajstić information content (AvgIpc) is 2.76. The predicted molar refractivity (Wildman–Crippen MR) is 91.0 cm³/mol. The van der Waals surface area contributed by atoms with Crippen molar-refractivity contribution in [2.75, 3.05) is 19.6 Å². The molecule has 0 aromatic rings. The largest absolute Gasteiger partial charge is 0.341 e. The van der Waals surface area contributed by atoms with Crippen molar-refractivity contribution < 1.29 is 14.4 Å². The Kier molecular flexibility index (Phi) is 5.57. The van der Waals surface area contributed by atoms with E-state index in [1.165, 1.54) is 24.2 Å². The van der Waals surface area contributed by atoms with E-state index in [9.17, 15) is 14.4 Å². The summed E-state index contributed by atoms with van der Waals surface area (Å²) in [6.45, 7) is 3.70. The van der Waals surface area contributed by atoms with Crippen LogP contribution in [-0.4, -0.2) is 47.2 Å². The highest BCUT2D eigenvalue weighted by Gasteiger charge is 2.48. The molecule has 0 radical (unpaired) electrons. The first-order valence-corrected chi connectivity index (χ1v) is 9.74. The van der Waals surface area contributed by atoms with Gasteiger partial charge in [0.15, 0.2) is 0 Å². The van der Waals surface area contributed by atoms with Crippen LogP contribution in [0.3, 0.4) is 0 Å². The molecule has 5 heteroatoms. The van der Waals surface area contributed by atoms with Crippen molar-refractivity contribution in [1.29, 1.82) is 0 Å². The van der Waals surface area contributed by atoms with Crippen LogP contribution in [0.4, 0.5) is 0 Å². The van der Waals surface area contributed by atoms with Crippen molar-refractivity contribution in [2.24, 2.45) is 17.8 Å². The van der Waals surface area contributed by atoms with Gasteiger partial charge < -0.3 is 4.90 Å². The van der Waals surface area contributed by atoms with E-state index in [-0.39, 0.29) is 36.1 Å². The van der Waals surface area contributed by atoms with E-state index in [2.05, 4.69) is 6.92 Å². The lowest BCUT2D eigenvalue weighted by Gasteiger charge is -2.23. The number of likely N-dealkylation sites (tertiary alicyclic amines) is 2. The maximum absolute atomic E-state index is 12.6. The van der Waals surface area contributed by atoms with E-state index in [1.54, 1.807) is 0 Å². The van der Waals surface area contributed by atoms with Crippen LogP contribution in [0.2, 0.25) is 0 Å². The Hall–Kier alpha value is -1.39. The molecule has 2 saturated heterocycles. The molecule has 0 bridgehead atoms. The molecule has 24 heavy (non-hydrogen) atoms. The van der Waals surface area contributed by atoms with Gasteiger partial charge in [0.2, 0.25) is 17.7 Å². The van der Waals surface area contributed by atoms with E-state index in [4.69, 9.17) is 0 Å². The van der Waals surface area contributed by atoms with Gasteiger partial charge in [0.25, 0.3) is 0 Å². The summed E-state index contributed by atoms with van der Waals surface area (Å²) >= 11 is 0. The number of hydrogen-bond donors (Lipinski definition) is 0. The summed E-state index contributed by atoms with van der Waals surface area (Å²) in [4.78, 5) is 40.8. The molecular weight excluding hydrogens is 304 g/mol. The maximum atomic E-state index is 12.6. The van der Waals surface area contributed by atoms with E-state index in [0.29, 0.717) is 5.92 Å². The quantitative estimate of drug-likeness (QED) is 0.743. The molecule has 0 aromatic carbocycles. The van der Waals surface area contributed by atoms with Crippen LogP contribution in [0.1, 0.15) is 64.7 Å². The topological polar surface area (TPSA) is 57.7 Å². The van der Waals surface area contributed by atoms with Crippen LogP contribution in [0, 0.1) is 17.8 Å². The zero-order valence-corrected chi connectivity index (χ0v) is 14.8. The molecule has 2 heterocycles. The van der Waals surface area contributed by atoms with Crippen molar-refractivity contribution in [3.8, 4) is 0 Å². The monoisotopic (exact) mass is 334 g/mol. The summed E-state index contributed by atoms with van der Waals surface area (Å²) in [5, 5.41) is 0. The molecule has 3 fully saturated rings. The third kappa shape index (κ3) is 3.50. The lowest BCUT2D eigenvalue weighted by Crippen LogP contribution is -2.43. The molecule has 2 aliphatic heterocycles. The lowest BCUT2D eigenvalue weighted by atomic mass is 9.81. The maximum Gasteiger partial charge on any atom is 0.242 e. The molecule has 5 nitrogen and oxygen atoms in total. The van der Waals surface area contributed by atoms with Crippen LogP contribution in [0.5, 0.6) is 0 Å². The second-order valence-electron chi connectivity index (χ2n) is 7.73. The molecule has 3 amide bonds. The third-order valence-corrected chi connectivity index (χ3v) is 6.12. The smallest absolute Gasteiger partial charge is 0.242 e. The third-order valence-electron chi connectivity index (χ3n) is 6.12. The second-order valence-corrected chi connectivity index (χ2v) is 7.73. The first kappa shape index (κ1) is 17.4. The van der Waals surface area contributed by atoms with E-state index >= 15 is 0 Å². The molecule has 0 N–H and O–H groups in total. The van der Waals surface area contributed by atoms with Crippen molar-refractivity contribution in [3.05, 3.63) is 0 Å². The minimum absolute atomic E-state index is 0.0386. The summed E-state index contributed by atoms with van der Waals surface area (Å²) in [6, 6.07) is 0. The Balaban J connectivity index is 1.58. The Morgan fingerprint density at radius 1 is 0.958 bits per heavy atom. The molecule has 134 valence electrons. The van der Waals surface area contributed by atoms with Crippen molar-refractivity contribution in [1.82, 2.24) is 9.80 Å². The van der Waals surface area contributed by atoms with E-state index < -0.39 is 0 Å². The summed E-state index contributed by atoms with van der Waals surface area (Å²) in [7, 11) is 0. The van der Waals surface area contributed by atoms with Crippen LogP contribution < -0.4 is 0 Å². The lowest BCUT2D eigenvalue weighted by molar-refractivity contribution is -0.146. The zero-order chi connectivity index (χ0) is 17.1. The predicted octanol–water partition coefficient (Wildman–Crippen LogP) is 2.59. The number of carbonyl (C=O) groups excluding carboxylic acids is 3. The molecule has 3 atom stereocenters. The standard InChI is InChI=1S/C19H30N2O3/c1-2-6-14-7-5-11-20(12-10-14)17(22)13-21-18(23)15-8-3-4-9-16(15)19(21)24/h14-16H,2-13H2,1H3/t14-,15+,16+/m1/s1. The fourth-order valence-electron chi connectivity index (χ4n) is 4.73. The van der Waals surface area contributed by atoms with Gasteiger partial charge in [-0.05, 0) is 38.0 Å². The number of nitrogens with zero attached hydrogens (tertiary/aromatic N) is 2. The summed E-state index contributed by atoms with van der Waals surface area (Å²) in [5.41, 5.74) is 0. The highest BCUT2D eigenvalue weighted by Crippen LogP contribution is 2.38. The number of carbonyl (C=O) groups is 3. The van der Waals surface area contributed by atoms with Gasteiger partial charge in [-0.2, -0.15) is 0 Å². The van der Waals surface area contributed by atoms with Crippen molar-refractivity contribution in [3.63, 3.8) is 0 Å². The van der Waals surface area contributed by atoms with Gasteiger partial charge in [-0.3, -0.25) is 19.3 Å². The van der Waals surface area contributed by atoms with Gasteiger partial charge in [0.1, 0.15) is 6.54 Å². The molecule has 1 saturated carbocycles. The first-order chi connectivity index (χ1) is 11.6. The Morgan fingerprint density at radius 2 is 1.62 bits per heavy atom. The van der Waals surface area contributed by atoms with Crippen molar-refractivity contribution >= 4 is 17.7 Å². The molecule has 1 aliphatic carbocycles. The number of rotatable bonds is 4. The van der Waals surface area contributed by atoms with Crippen LogP contribution in [0.15, 0.2) is 0 Å². The molecule has 0 unspecified atom stereocenters. The van der Waals surface area contributed by atoms with Crippen LogP contribution in [0.25, 0.3) is 0 Å². The number of fused-ring (bicyclic) bond motifs is 1. The van der Waals surface area contributed by atoms with Gasteiger partial charge in [-0.1, -0.05) is 32.6 Å². The summed E-state index contributed by atoms with van der Waals surface area (Å²) < 4.78 is 0. The van der Waals surface area contributed by atoms with Gasteiger partial charge in [-0.15, -0.1) is 0 Å². The minimum atomic E-state index is -0.155. The van der Waals surface area contributed by atoms with E-state index in [1.807, 2.05) is 4.90 Å².